The minimum Gasteiger partial charge on any atom is -0.298 e. The lowest BCUT2D eigenvalue weighted by Crippen LogP contribution is -2.21. The molecule has 1 aromatic heterocycles. The molecule has 0 radical (unpaired) electrons. The Kier molecular flexibility index (Phi) is 3.28. The van der Waals surface area contributed by atoms with E-state index in [0.29, 0.717) is 5.78 Å². The first-order chi connectivity index (χ1) is 8.84. The second-order valence-corrected chi connectivity index (χ2v) is 5.71. The zero-order chi connectivity index (χ0) is 12.4. The van der Waals surface area contributed by atoms with Gasteiger partial charge in [0, 0.05) is 11.8 Å². The van der Waals surface area contributed by atoms with Crippen LogP contribution >= 0.6 is 11.8 Å². The van der Waals surface area contributed by atoms with E-state index in [2.05, 4.69) is 9.97 Å². The van der Waals surface area contributed by atoms with Crippen molar-refractivity contribution in [3.8, 4) is 0 Å². The predicted octanol–water partition coefficient (Wildman–Crippen LogP) is 3.23. The van der Waals surface area contributed by atoms with E-state index < -0.39 is 0 Å². The highest BCUT2D eigenvalue weighted by atomic mass is 32.2. The maximum absolute atomic E-state index is 11.9. The van der Waals surface area contributed by atoms with E-state index in [-0.39, 0.29) is 5.25 Å². The largest absolute Gasteiger partial charge is 0.298 e. The lowest BCUT2D eigenvalue weighted by molar-refractivity contribution is -0.119. The van der Waals surface area contributed by atoms with Gasteiger partial charge in [0.1, 0.15) is 17.1 Å². The molecule has 92 valence electrons. The van der Waals surface area contributed by atoms with Crippen LogP contribution < -0.4 is 0 Å². The van der Waals surface area contributed by atoms with E-state index in [1.165, 1.54) is 0 Å². The van der Waals surface area contributed by atoms with Gasteiger partial charge in [0.15, 0.2) is 0 Å². The van der Waals surface area contributed by atoms with Crippen LogP contribution in [0.4, 0.5) is 0 Å². The van der Waals surface area contributed by atoms with E-state index in [0.717, 1.165) is 41.6 Å². The van der Waals surface area contributed by atoms with Crippen LogP contribution in [0.3, 0.4) is 0 Å². The fourth-order valence-corrected chi connectivity index (χ4v) is 3.50. The first-order valence-corrected chi connectivity index (χ1v) is 7.12. The van der Waals surface area contributed by atoms with Gasteiger partial charge in [0.05, 0.1) is 10.8 Å². The average Bonchev–Trinajstić information content (AvgIpc) is 2.42. The molecule has 0 amide bonds. The number of Topliss-reactive ketones (excluding diaryl/α,β-unsaturated/α-hetero) is 1. The fourth-order valence-electron chi connectivity index (χ4n) is 2.28. The highest BCUT2D eigenvalue weighted by Crippen LogP contribution is 2.33. The van der Waals surface area contributed by atoms with Gasteiger partial charge in [-0.25, -0.2) is 9.97 Å². The number of rotatable bonds is 2. The van der Waals surface area contributed by atoms with Crippen LogP contribution in [0.2, 0.25) is 0 Å². The second-order valence-electron chi connectivity index (χ2n) is 4.51. The van der Waals surface area contributed by atoms with Crippen molar-refractivity contribution in [1.82, 2.24) is 9.97 Å². The zero-order valence-corrected chi connectivity index (χ0v) is 10.8. The van der Waals surface area contributed by atoms with E-state index in [1.54, 1.807) is 18.1 Å². The third-order valence-corrected chi connectivity index (χ3v) is 4.59. The maximum atomic E-state index is 11.9. The third-order valence-electron chi connectivity index (χ3n) is 3.26. The van der Waals surface area contributed by atoms with Crippen LogP contribution in [-0.4, -0.2) is 21.0 Å². The number of benzene rings is 1. The minimum absolute atomic E-state index is 0.0806. The molecule has 1 atom stereocenters. The first-order valence-electron chi connectivity index (χ1n) is 6.24. The van der Waals surface area contributed by atoms with Crippen molar-refractivity contribution >= 4 is 28.4 Å². The van der Waals surface area contributed by atoms with Gasteiger partial charge in [-0.15, -0.1) is 0 Å². The fraction of sp³-hybridized carbons (Fsp3) is 0.357. The van der Waals surface area contributed by atoms with E-state index in [9.17, 15) is 4.79 Å². The van der Waals surface area contributed by atoms with Crippen LogP contribution in [0.15, 0.2) is 35.6 Å². The smallest absolute Gasteiger partial charge is 0.146 e. The Labute approximate surface area is 110 Å². The third kappa shape index (κ3) is 2.25. The molecule has 4 heteroatoms. The monoisotopic (exact) mass is 258 g/mol. The molecule has 0 N–H and O–H groups in total. The van der Waals surface area contributed by atoms with Crippen molar-refractivity contribution < 1.29 is 4.79 Å². The van der Waals surface area contributed by atoms with Crippen molar-refractivity contribution in [2.45, 2.75) is 36.0 Å². The summed E-state index contributed by atoms with van der Waals surface area (Å²) in [7, 11) is 0. The summed E-state index contributed by atoms with van der Waals surface area (Å²) < 4.78 is 0. The molecule has 3 rings (SSSR count). The van der Waals surface area contributed by atoms with E-state index in [4.69, 9.17) is 0 Å². The number of fused-ring (bicyclic) bond motifs is 1. The Morgan fingerprint density at radius 3 is 2.94 bits per heavy atom. The summed E-state index contributed by atoms with van der Waals surface area (Å²) in [5.74, 6) is 0.369. The number of aromatic nitrogens is 2. The van der Waals surface area contributed by atoms with E-state index in [1.807, 2.05) is 24.3 Å². The molecule has 1 saturated carbocycles. The molecule has 1 heterocycles. The highest BCUT2D eigenvalue weighted by Gasteiger charge is 2.24. The Balaban J connectivity index is 1.92. The Morgan fingerprint density at radius 1 is 1.17 bits per heavy atom. The van der Waals surface area contributed by atoms with Crippen LogP contribution in [0.1, 0.15) is 25.7 Å². The van der Waals surface area contributed by atoms with Gasteiger partial charge in [0.25, 0.3) is 0 Å². The van der Waals surface area contributed by atoms with Crippen molar-refractivity contribution in [2.24, 2.45) is 0 Å². The summed E-state index contributed by atoms with van der Waals surface area (Å²) in [4.78, 5) is 20.5. The van der Waals surface area contributed by atoms with Crippen LogP contribution in [0.25, 0.3) is 10.9 Å². The number of thioether (sulfide) groups is 1. The summed E-state index contributed by atoms with van der Waals surface area (Å²) in [5, 5.41) is 2.06. The Bertz CT molecular complexity index is 580. The highest BCUT2D eigenvalue weighted by molar-refractivity contribution is 8.00. The summed E-state index contributed by atoms with van der Waals surface area (Å²) in [5.41, 5.74) is 0.943. The molecule has 3 nitrogen and oxygen atoms in total. The van der Waals surface area contributed by atoms with Crippen LogP contribution in [-0.2, 0) is 4.79 Å². The van der Waals surface area contributed by atoms with Gasteiger partial charge in [-0.05, 0) is 18.9 Å². The normalized spacial score (nSPS) is 20.2. The summed E-state index contributed by atoms with van der Waals surface area (Å²) in [6, 6.07) is 7.95. The average molecular weight is 258 g/mol. The lowest BCUT2D eigenvalue weighted by Gasteiger charge is -2.19. The minimum atomic E-state index is 0.0806. The Morgan fingerprint density at radius 2 is 2.06 bits per heavy atom. The topological polar surface area (TPSA) is 42.9 Å². The van der Waals surface area contributed by atoms with Crippen molar-refractivity contribution in [2.75, 3.05) is 0 Å². The van der Waals surface area contributed by atoms with Gasteiger partial charge in [-0.2, -0.15) is 0 Å². The lowest BCUT2D eigenvalue weighted by atomic mass is 9.99. The molecule has 1 fully saturated rings. The first kappa shape index (κ1) is 11.7. The second kappa shape index (κ2) is 5.06. The molecule has 0 saturated heterocycles. The SMILES string of the molecule is O=C1CCCCC1Sc1ncnc2ccccc12. The summed E-state index contributed by atoms with van der Waals surface area (Å²) in [6.45, 7) is 0. The molecule has 1 aliphatic rings. The number of hydrogen-bond acceptors (Lipinski definition) is 4. The van der Waals surface area contributed by atoms with Crippen molar-refractivity contribution in [3.05, 3.63) is 30.6 Å². The number of hydrogen-bond donors (Lipinski definition) is 0. The van der Waals surface area contributed by atoms with E-state index >= 15 is 0 Å². The van der Waals surface area contributed by atoms with Gasteiger partial charge < -0.3 is 0 Å². The molecule has 0 spiro atoms. The number of para-hydroxylation sites is 1. The molecule has 1 unspecified atom stereocenters. The number of ketones is 1. The summed E-state index contributed by atoms with van der Waals surface area (Å²) >= 11 is 1.60. The van der Waals surface area contributed by atoms with Crippen molar-refractivity contribution in [1.29, 1.82) is 0 Å². The maximum Gasteiger partial charge on any atom is 0.146 e. The standard InChI is InChI=1S/C14H14N2OS/c17-12-7-3-4-8-13(12)18-14-10-5-1-2-6-11(10)15-9-16-14/h1-2,5-6,9,13H,3-4,7-8H2. The molecule has 1 aliphatic carbocycles. The molecule has 18 heavy (non-hydrogen) atoms. The Hall–Kier alpha value is -1.42. The zero-order valence-electron chi connectivity index (χ0n) is 10.0. The van der Waals surface area contributed by atoms with Crippen LogP contribution in [0, 0.1) is 0 Å². The molecular weight excluding hydrogens is 244 g/mol. The molecule has 1 aromatic carbocycles. The predicted molar refractivity (Wildman–Crippen MR) is 72.7 cm³/mol. The number of carbonyl (C=O) groups excluding carboxylic acids is 1. The molecular formula is C14H14N2OS. The number of nitrogens with zero attached hydrogens (tertiary/aromatic N) is 2. The summed E-state index contributed by atoms with van der Waals surface area (Å²) in [6.07, 6.45) is 5.47. The quantitative estimate of drug-likeness (QED) is 0.776. The number of carbonyl (C=O) groups is 1. The molecule has 0 aliphatic heterocycles. The van der Waals surface area contributed by atoms with Crippen molar-refractivity contribution in [3.63, 3.8) is 0 Å². The van der Waals surface area contributed by atoms with Gasteiger partial charge >= 0.3 is 0 Å². The van der Waals surface area contributed by atoms with Crippen LogP contribution in [0.5, 0.6) is 0 Å². The molecule has 2 aromatic rings. The van der Waals surface area contributed by atoms with Gasteiger partial charge in [0.2, 0.25) is 0 Å². The van der Waals surface area contributed by atoms with Gasteiger partial charge in [-0.3, -0.25) is 4.79 Å². The molecule has 0 bridgehead atoms. The van der Waals surface area contributed by atoms with Gasteiger partial charge in [-0.1, -0.05) is 36.4 Å².